The quantitative estimate of drug-likeness (QED) is 0.558. The highest BCUT2D eigenvalue weighted by Gasteiger charge is 2.50. The number of hydrogen-bond donors (Lipinski definition) is 1. The molecule has 1 fully saturated rings. The van der Waals surface area contributed by atoms with Crippen LogP contribution >= 0.6 is 0 Å². The maximum Gasteiger partial charge on any atom is 0.0937 e. The number of rotatable bonds is 2. The molecule has 0 radical (unpaired) electrons. The predicted molar refractivity (Wildman–Crippen MR) is 60.7 cm³/mol. The van der Waals surface area contributed by atoms with Crippen molar-refractivity contribution in [1.29, 1.82) is 0 Å². The maximum absolute atomic E-state index is 10.1. The SMILES string of the molecule is C#CC[C@]1([Si](C)(C)C)OCCC[C@H]1O. The molecular weight excluding hydrogens is 192 g/mol. The van der Waals surface area contributed by atoms with Crippen LogP contribution in [0.25, 0.3) is 0 Å². The van der Waals surface area contributed by atoms with Crippen LogP contribution in [0.2, 0.25) is 19.6 Å². The lowest BCUT2D eigenvalue weighted by Gasteiger charge is -2.48. The fourth-order valence-electron chi connectivity index (χ4n) is 2.16. The second-order valence-corrected chi connectivity index (χ2v) is 10.4. The van der Waals surface area contributed by atoms with E-state index in [2.05, 4.69) is 25.6 Å². The molecule has 1 saturated heterocycles. The Bertz CT molecular complexity index is 239. The van der Waals surface area contributed by atoms with Gasteiger partial charge in [-0.3, -0.25) is 0 Å². The summed E-state index contributed by atoms with van der Waals surface area (Å²) >= 11 is 0. The highest BCUT2D eigenvalue weighted by molar-refractivity contribution is 6.79. The Labute approximate surface area is 87.7 Å². The van der Waals surface area contributed by atoms with E-state index < -0.39 is 13.3 Å². The molecule has 2 atom stereocenters. The van der Waals surface area contributed by atoms with Gasteiger partial charge in [0.15, 0.2) is 0 Å². The summed E-state index contributed by atoms with van der Waals surface area (Å²) in [4.78, 5) is 0. The Balaban J connectivity index is 2.96. The first kappa shape index (κ1) is 11.8. The topological polar surface area (TPSA) is 29.5 Å². The van der Waals surface area contributed by atoms with Crippen molar-refractivity contribution in [1.82, 2.24) is 0 Å². The zero-order valence-corrected chi connectivity index (χ0v) is 10.3. The zero-order valence-electron chi connectivity index (χ0n) is 9.34. The van der Waals surface area contributed by atoms with Gasteiger partial charge in [0, 0.05) is 13.0 Å². The van der Waals surface area contributed by atoms with Crippen LogP contribution in [0.1, 0.15) is 19.3 Å². The second-order valence-electron chi connectivity index (χ2n) is 5.03. The third kappa shape index (κ3) is 1.88. The summed E-state index contributed by atoms with van der Waals surface area (Å²) in [6.45, 7) is 7.36. The molecule has 0 saturated carbocycles. The zero-order chi connectivity index (χ0) is 10.8. The van der Waals surface area contributed by atoms with E-state index in [9.17, 15) is 5.11 Å². The van der Waals surface area contributed by atoms with E-state index in [4.69, 9.17) is 11.2 Å². The van der Waals surface area contributed by atoms with Crippen LogP contribution in [0.4, 0.5) is 0 Å². The van der Waals surface area contributed by atoms with Gasteiger partial charge in [-0.1, -0.05) is 19.6 Å². The Kier molecular flexibility index (Phi) is 3.41. The number of aliphatic hydroxyl groups is 1. The van der Waals surface area contributed by atoms with E-state index in [1.54, 1.807) is 0 Å². The molecule has 14 heavy (non-hydrogen) atoms. The van der Waals surface area contributed by atoms with Crippen LogP contribution in [0.5, 0.6) is 0 Å². The van der Waals surface area contributed by atoms with Gasteiger partial charge in [-0.05, 0) is 12.8 Å². The lowest BCUT2D eigenvalue weighted by molar-refractivity contribution is -0.106. The van der Waals surface area contributed by atoms with Crippen LogP contribution in [0, 0.1) is 12.3 Å². The Morgan fingerprint density at radius 1 is 1.57 bits per heavy atom. The van der Waals surface area contributed by atoms with Gasteiger partial charge in [-0.15, -0.1) is 12.3 Å². The monoisotopic (exact) mass is 212 g/mol. The summed E-state index contributed by atoms with van der Waals surface area (Å²) in [7, 11) is -1.61. The van der Waals surface area contributed by atoms with Crippen LogP contribution in [-0.4, -0.2) is 31.1 Å². The molecule has 0 spiro atoms. The fourth-order valence-corrected chi connectivity index (χ4v) is 4.47. The largest absolute Gasteiger partial charge is 0.390 e. The highest BCUT2D eigenvalue weighted by Crippen LogP contribution is 2.36. The second kappa shape index (κ2) is 4.06. The van der Waals surface area contributed by atoms with Gasteiger partial charge >= 0.3 is 0 Å². The van der Waals surface area contributed by atoms with Crippen molar-refractivity contribution in [2.24, 2.45) is 0 Å². The molecule has 1 rings (SSSR count). The summed E-state index contributed by atoms with van der Waals surface area (Å²) in [6, 6.07) is 0. The fraction of sp³-hybridized carbons (Fsp3) is 0.818. The lowest BCUT2D eigenvalue weighted by atomic mass is 10.0. The smallest absolute Gasteiger partial charge is 0.0937 e. The Morgan fingerprint density at radius 3 is 2.64 bits per heavy atom. The molecule has 0 aromatic carbocycles. The molecular formula is C11H20O2Si. The van der Waals surface area contributed by atoms with E-state index in [0.29, 0.717) is 6.42 Å². The van der Waals surface area contributed by atoms with E-state index in [1.165, 1.54) is 0 Å². The normalized spacial score (nSPS) is 33.8. The Morgan fingerprint density at radius 2 is 2.21 bits per heavy atom. The van der Waals surface area contributed by atoms with Crippen molar-refractivity contribution < 1.29 is 9.84 Å². The van der Waals surface area contributed by atoms with Gasteiger partial charge in [0.1, 0.15) is 0 Å². The first-order chi connectivity index (χ1) is 6.44. The molecule has 1 N–H and O–H groups in total. The summed E-state index contributed by atoms with van der Waals surface area (Å²) < 4.78 is 5.85. The maximum atomic E-state index is 10.1. The first-order valence-electron chi connectivity index (χ1n) is 5.19. The minimum atomic E-state index is -1.61. The van der Waals surface area contributed by atoms with E-state index in [0.717, 1.165) is 19.4 Å². The molecule has 2 nitrogen and oxygen atoms in total. The molecule has 0 unspecified atom stereocenters. The number of terminal acetylenes is 1. The van der Waals surface area contributed by atoms with Crippen molar-refractivity contribution in [2.75, 3.05) is 6.61 Å². The standard InChI is InChI=1S/C11H20O2Si/c1-5-8-11(14(2,3)4)10(12)7-6-9-13-11/h1,10,12H,6-9H2,2-4H3/t10-,11-/m1/s1. The minimum absolute atomic E-state index is 0.376. The first-order valence-corrected chi connectivity index (χ1v) is 8.69. The van der Waals surface area contributed by atoms with Gasteiger partial charge in [0.25, 0.3) is 0 Å². The van der Waals surface area contributed by atoms with Gasteiger partial charge in [-0.2, -0.15) is 0 Å². The molecule has 1 aliphatic heterocycles. The van der Waals surface area contributed by atoms with E-state index in [1.807, 2.05) is 0 Å². The van der Waals surface area contributed by atoms with Gasteiger partial charge in [0.05, 0.1) is 19.4 Å². The van der Waals surface area contributed by atoms with Crippen LogP contribution in [0.3, 0.4) is 0 Å². The van der Waals surface area contributed by atoms with E-state index in [-0.39, 0.29) is 6.10 Å². The van der Waals surface area contributed by atoms with Gasteiger partial charge in [0.2, 0.25) is 0 Å². The third-order valence-electron chi connectivity index (χ3n) is 3.15. The Hall–Kier alpha value is -0.303. The number of hydrogen-bond acceptors (Lipinski definition) is 2. The minimum Gasteiger partial charge on any atom is -0.390 e. The molecule has 0 amide bonds. The summed E-state index contributed by atoms with van der Waals surface area (Å²) in [6.07, 6.45) is 7.32. The molecule has 1 aliphatic rings. The molecule has 80 valence electrons. The van der Waals surface area contributed by atoms with Crippen molar-refractivity contribution in [3.05, 3.63) is 0 Å². The summed E-state index contributed by atoms with van der Waals surface area (Å²) in [5, 5.41) is 9.68. The molecule has 0 aromatic heterocycles. The molecule has 0 bridgehead atoms. The average Bonchev–Trinajstić information content (AvgIpc) is 2.07. The summed E-state index contributed by atoms with van der Waals surface area (Å²) in [5.41, 5.74) is 0. The van der Waals surface area contributed by atoms with Crippen LogP contribution in [-0.2, 0) is 4.74 Å². The van der Waals surface area contributed by atoms with E-state index >= 15 is 0 Å². The average molecular weight is 212 g/mol. The van der Waals surface area contributed by atoms with Crippen LogP contribution in [0.15, 0.2) is 0 Å². The van der Waals surface area contributed by atoms with Crippen molar-refractivity contribution in [2.45, 2.75) is 50.2 Å². The number of ether oxygens (including phenoxy) is 1. The van der Waals surface area contributed by atoms with Crippen molar-refractivity contribution >= 4 is 8.07 Å². The van der Waals surface area contributed by atoms with Gasteiger partial charge in [-0.25, -0.2) is 0 Å². The van der Waals surface area contributed by atoms with Crippen molar-refractivity contribution in [3.63, 3.8) is 0 Å². The van der Waals surface area contributed by atoms with Gasteiger partial charge < -0.3 is 9.84 Å². The van der Waals surface area contributed by atoms with Crippen LogP contribution < -0.4 is 0 Å². The summed E-state index contributed by atoms with van der Waals surface area (Å²) in [5.74, 6) is 2.66. The number of aliphatic hydroxyl groups excluding tert-OH is 1. The molecule has 3 heteroatoms. The molecule has 0 aliphatic carbocycles. The van der Waals surface area contributed by atoms with Crippen molar-refractivity contribution in [3.8, 4) is 12.3 Å². The predicted octanol–water partition coefficient (Wildman–Crippen LogP) is 1.80. The molecule has 1 heterocycles. The lowest BCUT2D eigenvalue weighted by Crippen LogP contribution is -2.63. The molecule has 0 aromatic rings. The third-order valence-corrected chi connectivity index (χ3v) is 6.35. The highest BCUT2D eigenvalue weighted by atomic mass is 28.3.